The van der Waals surface area contributed by atoms with E-state index in [0.29, 0.717) is 29.5 Å². The second-order valence-electron chi connectivity index (χ2n) is 6.11. The van der Waals surface area contributed by atoms with Crippen LogP contribution in [0, 0.1) is 5.92 Å². The van der Waals surface area contributed by atoms with Gasteiger partial charge in [0.2, 0.25) is 0 Å². The van der Waals surface area contributed by atoms with E-state index >= 15 is 0 Å². The van der Waals surface area contributed by atoms with Crippen molar-refractivity contribution in [3.63, 3.8) is 0 Å². The van der Waals surface area contributed by atoms with Crippen LogP contribution in [0.2, 0.25) is 5.02 Å². The van der Waals surface area contributed by atoms with Crippen LogP contribution in [0.3, 0.4) is 0 Å². The molecule has 0 bridgehead atoms. The van der Waals surface area contributed by atoms with Crippen LogP contribution in [0.1, 0.15) is 19.8 Å². The van der Waals surface area contributed by atoms with Crippen LogP contribution in [-0.4, -0.2) is 45.0 Å². The molecular weight excluding hydrogens is 328 g/mol. The van der Waals surface area contributed by atoms with Gasteiger partial charge in [-0.15, -0.1) is 0 Å². The SMILES string of the molecule is CC(O)C1CCCN(C(=O)Nc2cccc(Cl)c2-n2cccn2)C1. The molecule has 2 heterocycles. The number of rotatable bonds is 3. The van der Waals surface area contributed by atoms with Crippen LogP contribution < -0.4 is 5.32 Å². The van der Waals surface area contributed by atoms with Crippen LogP contribution in [-0.2, 0) is 0 Å². The number of hydrogen-bond donors (Lipinski definition) is 2. The summed E-state index contributed by atoms with van der Waals surface area (Å²) in [5.41, 5.74) is 1.25. The lowest BCUT2D eigenvalue weighted by atomic mass is 9.94. The first-order chi connectivity index (χ1) is 11.6. The Morgan fingerprint density at radius 1 is 1.46 bits per heavy atom. The zero-order valence-electron chi connectivity index (χ0n) is 13.5. The molecule has 1 aromatic heterocycles. The summed E-state index contributed by atoms with van der Waals surface area (Å²) in [5, 5.41) is 17.4. The highest BCUT2D eigenvalue weighted by Gasteiger charge is 2.27. The number of urea groups is 1. The fourth-order valence-electron chi connectivity index (χ4n) is 3.03. The Kier molecular flexibility index (Phi) is 5.06. The molecular formula is C17H21ClN4O2. The molecule has 128 valence electrons. The smallest absolute Gasteiger partial charge is 0.321 e. The number of para-hydroxylation sites is 1. The van der Waals surface area contributed by atoms with E-state index in [9.17, 15) is 9.90 Å². The van der Waals surface area contributed by atoms with Crippen LogP contribution in [0.5, 0.6) is 0 Å². The number of piperidine rings is 1. The average molecular weight is 349 g/mol. The molecule has 2 aromatic rings. The standard InChI is InChI=1S/C17H21ClN4O2/c1-12(23)13-5-3-9-21(11-13)17(24)20-15-7-2-6-14(18)16(15)22-10-4-8-19-22/h2,4,6-8,10,12-13,23H,3,5,9,11H2,1H3,(H,20,24). The maximum absolute atomic E-state index is 12.6. The van der Waals surface area contributed by atoms with E-state index in [1.165, 1.54) is 0 Å². The molecule has 0 radical (unpaired) electrons. The van der Waals surface area contributed by atoms with Gasteiger partial charge in [0.25, 0.3) is 0 Å². The molecule has 1 fully saturated rings. The van der Waals surface area contributed by atoms with Crippen LogP contribution in [0.25, 0.3) is 5.69 Å². The van der Waals surface area contributed by atoms with Gasteiger partial charge in [0.15, 0.2) is 0 Å². The molecule has 0 aliphatic carbocycles. The number of carbonyl (C=O) groups is 1. The van der Waals surface area contributed by atoms with E-state index in [4.69, 9.17) is 11.6 Å². The molecule has 2 amide bonds. The number of aliphatic hydroxyl groups is 1. The van der Waals surface area contributed by atoms with Crippen molar-refractivity contribution in [1.29, 1.82) is 0 Å². The third-order valence-corrected chi connectivity index (χ3v) is 4.69. The minimum atomic E-state index is -0.411. The van der Waals surface area contributed by atoms with Crippen molar-refractivity contribution >= 4 is 23.3 Å². The number of likely N-dealkylation sites (tertiary alicyclic amines) is 1. The number of carbonyl (C=O) groups excluding carboxylic acids is 1. The van der Waals surface area contributed by atoms with E-state index in [1.54, 1.807) is 53.2 Å². The number of nitrogens with one attached hydrogen (secondary N) is 1. The molecule has 2 N–H and O–H groups in total. The Morgan fingerprint density at radius 2 is 2.29 bits per heavy atom. The Labute approximate surface area is 146 Å². The highest BCUT2D eigenvalue weighted by molar-refractivity contribution is 6.33. The van der Waals surface area contributed by atoms with Gasteiger partial charge in [0.1, 0.15) is 5.69 Å². The maximum Gasteiger partial charge on any atom is 0.321 e. The minimum absolute atomic E-state index is 0.120. The van der Waals surface area contributed by atoms with Gasteiger partial charge in [-0.1, -0.05) is 17.7 Å². The van der Waals surface area contributed by atoms with Gasteiger partial charge in [0, 0.05) is 31.4 Å². The van der Waals surface area contributed by atoms with E-state index in [-0.39, 0.29) is 11.9 Å². The summed E-state index contributed by atoms with van der Waals surface area (Å²) in [5.74, 6) is 0.120. The van der Waals surface area contributed by atoms with Gasteiger partial charge in [-0.05, 0) is 38.0 Å². The molecule has 24 heavy (non-hydrogen) atoms. The fraction of sp³-hybridized carbons (Fsp3) is 0.412. The zero-order valence-corrected chi connectivity index (χ0v) is 14.3. The van der Waals surface area contributed by atoms with Crippen LogP contribution in [0.15, 0.2) is 36.7 Å². The molecule has 0 saturated carbocycles. The minimum Gasteiger partial charge on any atom is -0.393 e. The largest absolute Gasteiger partial charge is 0.393 e. The summed E-state index contributed by atoms with van der Waals surface area (Å²) in [6.07, 6.45) is 4.86. The van der Waals surface area contributed by atoms with E-state index in [1.807, 2.05) is 0 Å². The van der Waals surface area contributed by atoms with Crippen molar-refractivity contribution in [2.75, 3.05) is 18.4 Å². The second kappa shape index (κ2) is 7.23. The zero-order chi connectivity index (χ0) is 17.1. The first-order valence-corrected chi connectivity index (χ1v) is 8.46. The summed E-state index contributed by atoms with van der Waals surface area (Å²) in [4.78, 5) is 14.4. The van der Waals surface area contributed by atoms with E-state index in [2.05, 4.69) is 10.4 Å². The number of aromatic nitrogens is 2. The first-order valence-electron chi connectivity index (χ1n) is 8.09. The second-order valence-corrected chi connectivity index (χ2v) is 6.51. The van der Waals surface area contributed by atoms with Crippen LogP contribution >= 0.6 is 11.6 Å². The number of amides is 2. The van der Waals surface area contributed by atoms with Gasteiger partial charge in [0.05, 0.1) is 16.8 Å². The molecule has 1 aliphatic heterocycles. The van der Waals surface area contributed by atoms with Crippen molar-refractivity contribution in [2.24, 2.45) is 5.92 Å². The normalized spacial score (nSPS) is 19.1. The molecule has 3 rings (SSSR count). The summed E-state index contributed by atoms with van der Waals surface area (Å²) in [6.45, 7) is 3.02. The Morgan fingerprint density at radius 3 is 3.00 bits per heavy atom. The molecule has 2 atom stereocenters. The molecule has 7 heteroatoms. The van der Waals surface area contributed by atoms with Crippen molar-refractivity contribution in [3.8, 4) is 5.69 Å². The van der Waals surface area contributed by atoms with Crippen molar-refractivity contribution < 1.29 is 9.90 Å². The Hall–Kier alpha value is -2.05. The number of anilines is 1. The highest BCUT2D eigenvalue weighted by atomic mass is 35.5. The van der Waals surface area contributed by atoms with E-state index in [0.717, 1.165) is 12.8 Å². The number of aliphatic hydroxyl groups excluding tert-OH is 1. The maximum atomic E-state index is 12.6. The predicted octanol–water partition coefficient (Wildman–Crippen LogP) is 3.15. The van der Waals surface area contributed by atoms with Gasteiger partial charge in [-0.3, -0.25) is 0 Å². The Bertz CT molecular complexity index is 703. The van der Waals surface area contributed by atoms with Gasteiger partial charge in [-0.25, -0.2) is 9.48 Å². The summed E-state index contributed by atoms with van der Waals surface area (Å²) in [6, 6.07) is 6.97. The topological polar surface area (TPSA) is 70.4 Å². The summed E-state index contributed by atoms with van der Waals surface area (Å²) in [7, 11) is 0. The highest BCUT2D eigenvalue weighted by Crippen LogP contribution is 2.29. The lowest BCUT2D eigenvalue weighted by Gasteiger charge is -2.34. The molecule has 0 spiro atoms. The third-order valence-electron chi connectivity index (χ3n) is 4.39. The summed E-state index contributed by atoms with van der Waals surface area (Å²) < 4.78 is 1.63. The Balaban J connectivity index is 1.79. The van der Waals surface area contributed by atoms with Gasteiger partial charge >= 0.3 is 6.03 Å². The van der Waals surface area contributed by atoms with Crippen LogP contribution in [0.4, 0.5) is 10.5 Å². The number of halogens is 1. The van der Waals surface area contributed by atoms with Crippen molar-refractivity contribution in [2.45, 2.75) is 25.9 Å². The molecule has 1 aliphatic rings. The van der Waals surface area contributed by atoms with Gasteiger partial charge in [-0.2, -0.15) is 5.10 Å². The quantitative estimate of drug-likeness (QED) is 0.895. The lowest BCUT2D eigenvalue weighted by Crippen LogP contribution is -2.44. The molecule has 6 nitrogen and oxygen atoms in total. The third kappa shape index (κ3) is 3.55. The fourth-order valence-corrected chi connectivity index (χ4v) is 3.29. The lowest BCUT2D eigenvalue weighted by molar-refractivity contribution is 0.0766. The monoisotopic (exact) mass is 348 g/mol. The molecule has 1 saturated heterocycles. The number of nitrogens with zero attached hydrogens (tertiary/aromatic N) is 3. The van der Waals surface area contributed by atoms with Crippen molar-refractivity contribution in [1.82, 2.24) is 14.7 Å². The number of benzene rings is 1. The van der Waals surface area contributed by atoms with Gasteiger partial charge < -0.3 is 15.3 Å². The predicted molar refractivity (Wildman–Crippen MR) is 93.6 cm³/mol. The average Bonchev–Trinajstić information content (AvgIpc) is 3.09. The summed E-state index contributed by atoms with van der Waals surface area (Å²) >= 11 is 6.30. The molecule has 2 unspecified atom stereocenters. The van der Waals surface area contributed by atoms with E-state index < -0.39 is 6.10 Å². The number of hydrogen-bond acceptors (Lipinski definition) is 3. The molecule has 1 aromatic carbocycles. The van der Waals surface area contributed by atoms with Crippen molar-refractivity contribution in [3.05, 3.63) is 41.7 Å². The first kappa shape index (κ1) is 16.8.